The van der Waals surface area contributed by atoms with E-state index in [1.807, 2.05) is 31.2 Å². The molecule has 2 aromatic rings. The molecule has 0 aliphatic heterocycles. The van der Waals surface area contributed by atoms with Crippen molar-refractivity contribution in [2.75, 3.05) is 13.2 Å². The number of Topliss-reactive ketones (excluding diaryl/α,β-unsaturated/α-hetero) is 1. The molecule has 252 valence electrons. The predicted octanol–water partition coefficient (Wildman–Crippen LogP) is 9.12. The second-order valence-electron chi connectivity index (χ2n) is 16.1. The number of hydrogen-bond acceptors (Lipinski definition) is 6. The van der Waals surface area contributed by atoms with Crippen LogP contribution in [0.25, 0.3) is 0 Å². The van der Waals surface area contributed by atoms with Crippen LogP contribution in [0, 0.1) is 5.92 Å². The molecule has 0 aromatic heterocycles. The van der Waals surface area contributed by atoms with Crippen molar-refractivity contribution < 1.29 is 27.2 Å². The molecule has 6 nitrogen and oxygen atoms in total. The second kappa shape index (κ2) is 15.0. The molecule has 0 heterocycles. The molecule has 0 unspecified atom stereocenters. The predicted molar refractivity (Wildman–Crippen MR) is 197 cm³/mol. The minimum atomic E-state index is -2.15. The largest absolute Gasteiger partial charge is 0.494 e. The van der Waals surface area contributed by atoms with E-state index in [0.29, 0.717) is 24.7 Å². The van der Waals surface area contributed by atoms with E-state index in [4.69, 9.17) is 34.0 Å². The highest BCUT2D eigenvalue weighted by molar-refractivity contribution is 6.71. The number of ether oxygens (including phenoxy) is 1. The molecule has 2 aromatic carbocycles. The van der Waals surface area contributed by atoms with E-state index in [9.17, 15) is 4.79 Å². The molecule has 1 fully saturated rings. The van der Waals surface area contributed by atoms with Gasteiger partial charge in [0, 0.05) is 11.6 Å². The molecule has 0 radical (unpaired) electrons. The minimum absolute atomic E-state index is 0.101. The Bertz CT molecular complexity index is 1280. The van der Waals surface area contributed by atoms with Crippen LogP contribution in [0.3, 0.4) is 0 Å². The van der Waals surface area contributed by atoms with Gasteiger partial charge < -0.3 is 22.4 Å². The standard InChI is InChI=1S/C34H57ClO6Si4/c1-14-37-27-18-15-24(16-19-27)21-26-22-25(17-20-29(26)35)30-31(36)28(23-38-42(2,3)4)32(39-43(5,6)7)34(41-45(11,12)13)33(30)40-44(8,9)10/h15-20,22,28,30,32-34H,14,21,23H2,1-13H3/t28-,30+,32+,33-,34-/m0/s1. The van der Waals surface area contributed by atoms with Gasteiger partial charge in [-0.2, -0.15) is 0 Å². The highest BCUT2D eigenvalue weighted by Crippen LogP contribution is 2.43. The van der Waals surface area contributed by atoms with E-state index >= 15 is 0 Å². The van der Waals surface area contributed by atoms with Crippen molar-refractivity contribution in [3.63, 3.8) is 0 Å². The highest BCUT2D eigenvalue weighted by atomic mass is 35.5. The molecule has 3 rings (SSSR count). The van der Waals surface area contributed by atoms with Gasteiger partial charge in [0.2, 0.25) is 0 Å². The molecule has 5 atom stereocenters. The molecular formula is C34H57ClO6Si4. The van der Waals surface area contributed by atoms with E-state index in [-0.39, 0.29) is 5.78 Å². The number of carbonyl (C=O) groups excluding carboxylic acids is 1. The maximum Gasteiger partial charge on any atom is 0.184 e. The summed E-state index contributed by atoms with van der Waals surface area (Å²) in [4.78, 5) is 14.9. The minimum Gasteiger partial charge on any atom is -0.494 e. The Morgan fingerprint density at radius 3 is 1.73 bits per heavy atom. The van der Waals surface area contributed by atoms with Crippen molar-refractivity contribution in [2.24, 2.45) is 5.92 Å². The normalized spacial score (nSPS) is 23.3. The third kappa shape index (κ3) is 11.8. The first-order valence-electron chi connectivity index (χ1n) is 16.3. The summed E-state index contributed by atoms with van der Waals surface area (Å²) < 4.78 is 33.1. The third-order valence-electron chi connectivity index (χ3n) is 7.27. The van der Waals surface area contributed by atoms with Crippen LogP contribution in [-0.2, 0) is 28.9 Å². The fourth-order valence-electron chi connectivity index (χ4n) is 5.69. The zero-order valence-corrected chi connectivity index (χ0v) is 34.6. The summed E-state index contributed by atoms with van der Waals surface area (Å²) in [5.41, 5.74) is 2.99. The molecule has 0 amide bonds. The van der Waals surface area contributed by atoms with E-state index in [1.165, 1.54) is 0 Å². The molecule has 0 bridgehead atoms. The van der Waals surface area contributed by atoms with Crippen molar-refractivity contribution >= 4 is 50.7 Å². The average Bonchev–Trinajstić information content (AvgIpc) is 2.86. The lowest BCUT2D eigenvalue weighted by atomic mass is 9.72. The van der Waals surface area contributed by atoms with Crippen LogP contribution in [0.2, 0.25) is 83.6 Å². The summed E-state index contributed by atoms with van der Waals surface area (Å²) in [7, 11) is -8.28. The van der Waals surface area contributed by atoms with Crippen molar-refractivity contribution in [3.05, 3.63) is 64.2 Å². The van der Waals surface area contributed by atoms with Gasteiger partial charge in [0.15, 0.2) is 39.1 Å². The first-order chi connectivity index (χ1) is 20.6. The topological polar surface area (TPSA) is 63.2 Å². The monoisotopic (exact) mass is 708 g/mol. The first-order valence-corrected chi connectivity index (χ1v) is 30.3. The first kappa shape index (κ1) is 38.4. The summed E-state index contributed by atoms with van der Waals surface area (Å²) in [5, 5.41) is 0.673. The summed E-state index contributed by atoms with van der Waals surface area (Å²) in [6.07, 6.45) is -0.698. The number of carbonyl (C=O) groups is 1. The van der Waals surface area contributed by atoms with E-state index in [2.05, 4.69) is 96.8 Å². The van der Waals surface area contributed by atoms with E-state index in [0.717, 1.165) is 22.4 Å². The number of benzene rings is 2. The molecule has 45 heavy (non-hydrogen) atoms. The van der Waals surface area contributed by atoms with Gasteiger partial charge in [0.1, 0.15) is 5.75 Å². The molecule has 11 heteroatoms. The van der Waals surface area contributed by atoms with Crippen molar-refractivity contribution in [1.82, 2.24) is 0 Å². The Kier molecular flexibility index (Phi) is 12.8. The number of halogens is 1. The smallest absolute Gasteiger partial charge is 0.184 e. The molecule has 1 aliphatic rings. The third-order valence-corrected chi connectivity index (χ3v) is 11.6. The molecule has 1 aliphatic carbocycles. The lowest BCUT2D eigenvalue weighted by molar-refractivity contribution is -0.151. The van der Waals surface area contributed by atoms with Crippen LogP contribution in [0.5, 0.6) is 5.75 Å². The average molecular weight is 710 g/mol. The van der Waals surface area contributed by atoms with Gasteiger partial charge >= 0.3 is 0 Å². The molecule has 0 saturated heterocycles. The van der Waals surface area contributed by atoms with Crippen LogP contribution in [0.4, 0.5) is 0 Å². The van der Waals surface area contributed by atoms with Crippen molar-refractivity contribution in [1.29, 1.82) is 0 Å². The molecule has 0 spiro atoms. The highest BCUT2D eigenvalue weighted by Gasteiger charge is 2.55. The molecule has 0 N–H and O–H groups in total. The zero-order valence-electron chi connectivity index (χ0n) is 29.9. The Morgan fingerprint density at radius 1 is 0.689 bits per heavy atom. The Balaban J connectivity index is 2.17. The van der Waals surface area contributed by atoms with Crippen molar-refractivity contribution in [2.45, 2.75) is 116 Å². The molecule has 1 saturated carbocycles. The SMILES string of the molecule is CCOc1ccc(Cc2cc([C@@H]3C(=O)[C@H](CO[Si](C)(C)C)[C@@H](O[Si](C)(C)C)[C@H](O[Si](C)(C)C)[C@H]3O[Si](C)(C)C)ccc2Cl)cc1. The lowest BCUT2D eigenvalue weighted by Crippen LogP contribution is -2.64. The van der Waals surface area contributed by atoms with Gasteiger partial charge in [-0.3, -0.25) is 4.79 Å². The van der Waals surface area contributed by atoms with Gasteiger partial charge in [0.05, 0.1) is 36.8 Å². The van der Waals surface area contributed by atoms with E-state index < -0.39 is 63.4 Å². The summed E-state index contributed by atoms with van der Waals surface area (Å²) in [6, 6.07) is 14.1. The fourth-order valence-corrected chi connectivity index (χ4v) is 9.84. The summed E-state index contributed by atoms with van der Waals surface area (Å²) in [6.45, 7) is 29.0. The Hall–Kier alpha value is -1.09. The quantitative estimate of drug-likeness (QED) is 0.183. The van der Waals surface area contributed by atoms with Gasteiger partial charge in [-0.25, -0.2) is 0 Å². The maximum absolute atomic E-state index is 14.9. The van der Waals surface area contributed by atoms with Gasteiger partial charge in [-0.05, 0) is 127 Å². The zero-order chi connectivity index (χ0) is 34.0. The van der Waals surface area contributed by atoms with Gasteiger partial charge in [-0.1, -0.05) is 35.9 Å². The van der Waals surface area contributed by atoms with E-state index in [1.54, 1.807) is 0 Å². The van der Waals surface area contributed by atoms with Crippen LogP contribution in [0.15, 0.2) is 42.5 Å². The van der Waals surface area contributed by atoms with Crippen LogP contribution in [0.1, 0.15) is 29.5 Å². The second-order valence-corrected chi connectivity index (χ2v) is 34.4. The summed E-state index contributed by atoms with van der Waals surface area (Å²) in [5.74, 6) is -0.0625. The summed E-state index contributed by atoms with van der Waals surface area (Å²) >= 11 is 6.80. The number of hydrogen-bond donors (Lipinski definition) is 0. The lowest BCUT2D eigenvalue weighted by Gasteiger charge is -2.50. The number of ketones is 1. The fraction of sp³-hybridized carbons (Fsp3) is 0.618. The maximum atomic E-state index is 14.9. The molecular weight excluding hydrogens is 652 g/mol. The number of rotatable bonds is 14. The van der Waals surface area contributed by atoms with Crippen LogP contribution >= 0.6 is 11.6 Å². The van der Waals surface area contributed by atoms with Crippen LogP contribution in [-0.4, -0.2) is 70.6 Å². The Morgan fingerprint density at radius 2 is 1.22 bits per heavy atom. The van der Waals surface area contributed by atoms with Gasteiger partial charge in [0.25, 0.3) is 0 Å². The van der Waals surface area contributed by atoms with Gasteiger partial charge in [-0.15, -0.1) is 0 Å². The Labute approximate surface area is 282 Å². The van der Waals surface area contributed by atoms with Crippen LogP contribution < -0.4 is 4.74 Å². The van der Waals surface area contributed by atoms with Crippen molar-refractivity contribution in [3.8, 4) is 5.75 Å².